The van der Waals surface area contributed by atoms with Crippen molar-refractivity contribution in [3.8, 4) is 11.1 Å². The summed E-state index contributed by atoms with van der Waals surface area (Å²) in [5, 5.41) is 0. The Morgan fingerprint density at radius 2 is 1.32 bits per heavy atom. The second-order valence-corrected chi connectivity index (χ2v) is 3.93. The summed E-state index contributed by atoms with van der Waals surface area (Å²) in [6.45, 7) is 0. The van der Waals surface area contributed by atoms with E-state index in [0.717, 1.165) is 36.4 Å². The Morgan fingerprint density at radius 3 is 1.74 bits per heavy atom. The van der Waals surface area contributed by atoms with Gasteiger partial charge in [0.05, 0.1) is 11.1 Å². The van der Waals surface area contributed by atoms with Crippen LogP contribution in [-0.4, -0.2) is 0 Å². The lowest BCUT2D eigenvalue weighted by molar-refractivity contribution is -0.137. The van der Waals surface area contributed by atoms with E-state index in [-0.39, 0.29) is 11.3 Å². The van der Waals surface area contributed by atoms with Gasteiger partial charge >= 0.3 is 6.18 Å². The fourth-order valence-electron chi connectivity index (χ4n) is 1.69. The number of hydrogen-bond donors (Lipinski definition) is 1. The Morgan fingerprint density at radius 1 is 0.842 bits per heavy atom. The number of rotatable bonds is 1. The zero-order valence-corrected chi connectivity index (χ0v) is 9.43. The van der Waals surface area contributed by atoms with Crippen LogP contribution in [0, 0.1) is 11.6 Å². The first kappa shape index (κ1) is 13.3. The third-order valence-corrected chi connectivity index (χ3v) is 2.57. The lowest BCUT2D eigenvalue weighted by Gasteiger charge is -2.09. The molecule has 0 aliphatic carbocycles. The molecular formula is C13H8F5N. The molecule has 2 aromatic carbocycles. The molecule has 0 heterocycles. The fourth-order valence-corrected chi connectivity index (χ4v) is 1.69. The molecule has 19 heavy (non-hydrogen) atoms. The highest BCUT2D eigenvalue weighted by Gasteiger charge is 2.30. The molecule has 0 amide bonds. The lowest BCUT2D eigenvalue weighted by Crippen LogP contribution is -2.04. The average Bonchev–Trinajstić information content (AvgIpc) is 2.27. The van der Waals surface area contributed by atoms with Crippen LogP contribution in [0.3, 0.4) is 0 Å². The summed E-state index contributed by atoms with van der Waals surface area (Å²) in [6.07, 6.45) is -4.49. The van der Waals surface area contributed by atoms with Crippen molar-refractivity contribution in [3.63, 3.8) is 0 Å². The topological polar surface area (TPSA) is 26.0 Å². The van der Waals surface area contributed by atoms with Crippen molar-refractivity contribution in [2.75, 3.05) is 5.73 Å². The van der Waals surface area contributed by atoms with Crippen LogP contribution >= 0.6 is 0 Å². The smallest absolute Gasteiger partial charge is 0.399 e. The summed E-state index contributed by atoms with van der Waals surface area (Å²) in [5.41, 5.74) is 3.90. The Hall–Kier alpha value is -2.11. The minimum absolute atomic E-state index is 0.0167. The lowest BCUT2D eigenvalue weighted by atomic mass is 10.0. The van der Waals surface area contributed by atoms with Gasteiger partial charge in [-0.05, 0) is 29.8 Å². The van der Waals surface area contributed by atoms with Crippen molar-refractivity contribution in [1.82, 2.24) is 0 Å². The normalized spacial score (nSPS) is 11.6. The predicted octanol–water partition coefficient (Wildman–Crippen LogP) is 4.23. The first-order valence-corrected chi connectivity index (χ1v) is 5.21. The van der Waals surface area contributed by atoms with Crippen molar-refractivity contribution in [2.24, 2.45) is 0 Å². The molecule has 2 aromatic rings. The van der Waals surface area contributed by atoms with Crippen molar-refractivity contribution in [3.05, 3.63) is 53.6 Å². The Bertz CT molecular complexity index is 578. The molecule has 2 N–H and O–H groups in total. The number of alkyl halides is 3. The molecule has 0 fully saturated rings. The molecule has 1 nitrogen and oxygen atoms in total. The summed E-state index contributed by atoms with van der Waals surface area (Å²) in [6, 6.07) is 5.39. The van der Waals surface area contributed by atoms with E-state index in [9.17, 15) is 22.0 Å². The highest BCUT2D eigenvalue weighted by Crippen LogP contribution is 2.33. The van der Waals surface area contributed by atoms with Gasteiger partial charge in [-0.2, -0.15) is 13.2 Å². The minimum atomic E-state index is -4.49. The third-order valence-electron chi connectivity index (χ3n) is 2.57. The maximum atomic E-state index is 13.6. The summed E-state index contributed by atoms with van der Waals surface area (Å²) in [7, 11) is 0. The molecule has 100 valence electrons. The van der Waals surface area contributed by atoms with Gasteiger partial charge in [0, 0.05) is 5.69 Å². The number of nitrogen functional groups attached to an aromatic ring is 1. The number of hydrogen-bond acceptors (Lipinski definition) is 1. The molecule has 0 radical (unpaired) electrons. The van der Waals surface area contributed by atoms with Crippen LogP contribution < -0.4 is 5.73 Å². The zero-order chi connectivity index (χ0) is 14.2. The number of nitrogens with two attached hydrogens (primary N) is 1. The highest BCUT2D eigenvalue weighted by atomic mass is 19.4. The van der Waals surface area contributed by atoms with Crippen LogP contribution in [-0.2, 0) is 6.18 Å². The van der Waals surface area contributed by atoms with Gasteiger partial charge in [0.25, 0.3) is 0 Å². The number of halogens is 5. The summed E-state index contributed by atoms with van der Waals surface area (Å²) >= 11 is 0. The first-order valence-electron chi connectivity index (χ1n) is 5.21. The van der Waals surface area contributed by atoms with E-state index in [1.165, 1.54) is 0 Å². The highest BCUT2D eigenvalue weighted by molar-refractivity contribution is 5.67. The van der Waals surface area contributed by atoms with Crippen LogP contribution in [0.25, 0.3) is 11.1 Å². The summed E-state index contributed by atoms with van der Waals surface area (Å²) < 4.78 is 64.3. The summed E-state index contributed by atoms with van der Waals surface area (Å²) in [4.78, 5) is 0. The molecule has 0 aliphatic rings. The second-order valence-electron chi connectivity index (χ2n) is 3.93. The predicted molar refractivity (Wildman–Crippen MR) is 61.2 cm³/mol. The Balaban J connectivity index is 2.49. The maximum Gasteiger partial charge on any atom is 0.416 e. The van der Waals surface area contributed by atoms with E-state index in [2.05, 4.69) is 0 Å². The van der Waals surface area contributed by atoms with Gasteiger partial charge in [-0.1, -0.05) is 12.1 Å². The van der Waals surface area contributed by atoms with Gasteiger partial charge < -0.3 is 5.73 Å². The second kappa shape index (κ2) is 4.53. The monoisotopic (exact) mass is 273 g/mol. The van der Waals surface area contributed by atoms with Crippen molar-refractivity contribution >= 4 is 5.69 Å². The molecule has 2 rings (SSSR count). The maximum absolute atomic E-state index is 13.6. The average molecular weight is 273 g/mol. The fraction of sp³-hybridized carbons (Fsp3) is 0.0769. The van der Waals surface area contributed by atoms with E-state index in [1.807, 2.05) is 0 Å². The van der Waals surface area contributed by atoms with Crippen LogP contribution in [0.4, 0.5) is 27.6 Å². The molecular weight excluding hydrogens is 265 g/mol. The van der Waals surface area contributed by atoms with Gasteiger partial charge in [0.2, 0.25) is 0 Å². The van der Waals surface area contributed by atoms with E-state index < -0.39 is 28.9 Å². The van der Waals surface area contributed by atoms with Gasteiger partial charge in [-0.3, -0.25) is 0 Å². The SMILES string of the molecule is Nc1cc(F)c(-c2ccc(C(F)(F)F)cc2)c(F)c1. The van der Waals surface area contributed by atoms with Gasteiger partial charge in [0.1, 0.15) is 11.6 Å². The Labute approximate surface area is 105 Å². The Kier molecular flexibility index (Phi) is 3.18. The van der Waals surface area contributed by atoms with Crippen LogP contribution in [0.2, 0.25) is 0 Å². The molecule has 0 saturated heterocycles. The molecule has 6 heteroatoms. The number of anilines is 1. The molecule has 0 spiro atoms. The van der Waals surface area contributed by atoms with Crippen molar-refractivity contribution in [1.29, 1.82) is 0 Å². The molecule has 0 unspecified atom stereocenters. The largest absolute Gasteiger partial charge is 0.416 e. The van der Waals surface area contributed by atoms with E-state index in [0.29, 0.717) is 0 Å². The molecule has 0 aliphatic heterocycles. The van der Waals surface area contributed by atoms with E-state index >= 15 is 0 Å². The van der Waals surface area contributed by atoms with E-state index in [1.54, 1.807) is 0 Å². The molecule has 0 aromatic heterocycles. The zero-order valence-electron chi connectivity index (χ0n) is 9.43. The number of benzene rings is 2. The van der Waals surface area contributed by atoms with Gasteiger partial charge in [0.15, 0.2) is 0 Å². The van der Waals surface area contributed by atoms with E-state index in [4.69, 9.17) is 5.73 Å². The minimum Gasteiger partial charge on any atom is -0.399 e. The van der Waals surface area contributed by atoms with Gasteiger partial charge in [-0.15, -0.1) is 0 Å². The standard InChI is InChI=1S/C13H8F5N/c14-10-5-9(19)6-11(15)12(10)7-1-3-8(4-2-7)13(16,17)18/h1-6H,19H2. The molecule has 0 bridgehead atoms. The quantitative estimate of drug-likeness (QED) is 0.610. The molecule has 0 saturated carbocycles. The van der Waals surface area contributed by atoms with Crippen molar-refractivity contribution in [2.45, 2.75) is 6.18 Å². The molecule has 0 atom stereocenters. The van der Waals surface area contributed by atoms with Crippen LogP contribution in [0.1, 0.15) is 5.56 Å². The van der Waals surface area contributed by atoms with Crippen molar-refractivity contribution < 1.29 is 22.0 Å². The van der Waals surface area contributed by atoms with Crippen LogP contribution in [0.5, 0.6) is 0 Å². The van der Waals surface area contributed by atoms with Gasteiger partial charge in [-0.25, -0.2) is 8.78 Å². The first-order chi connectivity index (χ1) is 8.79. The van der Waals surface area contributed by atoms with Crippen LogP contribution in [0.15, 0.2) is 36.4 Å². The third kappa shape index (κ3) is 2.67. The summed E-state index contributed by atoms with van der Waals surface area (Å²) in [5.74, 6) is -1.84.